The van der Waals surface area contributed by atoms with Crippen molar-refractivity contribution in [2.24, 2.45) is 22.9 Å². The predicted molar refractivity (Wildman–Crippen MR) is 233 cm³/mol. The Labute approximate surface area is 364 Å². The first-order valence-corrected chi connectivity index (χ1v) is 21.7. The van der Waals surface area contributed by atoms with Gasteiger partial charge in [0.05, 0.1) is 31.5 Å². The van der Waals surface area contributed by atoms with Gasteiger partial charge in [0, 0.05) is 37.7 Å². The molecule has 3 aromatic rings. The number of hydrogen-bond donors (Lipinski definition) is 2. The maximum atomic E-state index is 14.9. The first-order valence-electron chi connectivity index (χ1n) is 21.7. The minimum atomic E-state index is -1.47. The van der Waals surface area contributed by atoms with Crippen molar-refractivity contribution in [1.82, 2.24) is 4.90 Å². The zero-order valence-corrected chi connectivity index (χ0v) is 35.7. The summed E-state index contributed by atoms with van der Waals surface area (Å²) in [7, 11) is 1.53. The number of hydrogen-bond acceptors (Lipinski definition) is 12. The Morgan fingerprint density at radius 3 is 2.45 bits per heavy atom. The Balaban J connectivity index is 1.35. The Morgan fingerprint density at radius 2 is 1.68 bits per heavy atom. The van der Waals surface area contributed by atoms with Crippen LogP contribution >= 0.6 is 0 Å². The van der Waals surface area contributed by atoms with Gasteiger partial charge in [0.25, 0.3) is 0 Å². The smallest absolute Gasteiger partial charge is 0.410 e. The molecule has 6 atom stereocenters. The number of fused-ring (bicyclic) bond motifs is 3. The normalized spacial score (nSPS) is 23.6. The maximum absolute atomic E-state index is 14.9. The third-order valence-corrected chi connectivity index (χ3v) is 12.2. The fraction of sp³-hybridized carbons (Fsp3) is 0.469. The van der Waals surface area contributed by atoms with Crippen molar-refractivity contribution in [3.8, 4) is 23.0 Å². The molecule has 62 heavy (non-hydrogen) atoms. The Hall–Kier alpha value is -5.34. The summed E-state index contributed by atoms with van der Waals surface area (Å²) in [4.78, 5) is 22.1. The molecule has 13 heteroatoms. The molecule has 7 rings (SSSR count). The van der Waals surface area contributed by atoms with Crippen molar-refractivity contribution in [3.05, 3.63) is 120 Å². The van der Waals surface area contributed by atoms with Crippen molar-refractivity contribution in [1.29, 1.82) is 0 Å². The predicted octanol–water partition coefficient (Wildman–Crippen LogP) is 8.10. The van der Waals surface area contributed by atoms with Crippen molar-refractivity contribution < 1.29 is 53.0 Å². The molecule has 2 aliphatic heterocycles. The molecule has 0 saturated heterocycles. The zero-order valence-electron chi connectivity index (χ0n) is 35.7. The number of carbonyl (C=O) groups excluding carboxylic acids is 1. The summed E-state index contributed by atoms with van der Waals surface area (Å²) < 4.78 is 43.9. The van der Waals surface area contributed by atoms with Gasteiger partial charge in [-0.15, -0.1) is 6.58 Å². The number of benzene rings is 3. The minimum Gasteiger partial charge on any atom is -0.490 e. The minimum absolute atomic E-state index is 0.00634. The average molecular weight is 853 g/mol. The third-order valence-electron chi connectivity index (χ3n) is 12.2. The SMILES string of the molecule is C=CCOc1ccc2c(c1)[C@H]1[C@H](CCCCO)[C@@H](CCCCO)C=C3C(=NOC)C[C@H](N(Cc4ccc5c(c4)OCO5)C(=O)OCCOCc4ccccc4)[C@@](OCC=C)(O2)[C@H]31. The van der Waals surface area contributed by atoms with Crippen molar-refractivity contribution >= 4 is 11.8 Å². The van der Waals surface area contributed by atoms with Crippen LogP contribution in [0.4, 0.5) is 4.79 Å². The first kappa shape index (κ1) is 44.7. The van der Waals surface area contributed by atoms with E-state index in [1.807, 2.05) is 60.7 Å². The highest BCUT2D eigenvalue weighted by Crippen LogP contribution is 2.62. The quantitative estimate of drug-likeness (QED) is 0.0542. The monoisotopic (exact) mass is 852 g/mol. The first-order chi connectivity index (χ1) is 30.4. The number of carbonyl (C=O) groups is 1. The second kappa shape index (κ2) is 21.6. The molecule has 1 fully saturated rings. The molecule has 2 heterocycles. The van der Waals surface area contributed by atoms with Crippen LogP contribution in [0.2, 0.25) is 0 Å². The second-order valence-corrected chi connectivity index (χ2v) is 16.0. The molecule has 0 aromatic heterocycles. The Kier molecular flexibility index (Phi) is 15.6. The van der Waals surface area contributed by atoms with Crippen LogP contribution in [-0.4, -0.2) is 92.3 Å². The summed E-state index contributed by atoms with van der Waals surface area (Å²) in [6.07, 6.45) is 9.92. The molecule has 0 bridgehead atoms. The lowest BCUT2D eigenvalue weighted by atomic mass is 9.55. The van der Waals surface area contributed by atoms with Crippen molar-refractivity contribution in [2.75, 3.05) is 53.5 Å². The van der Waals surface area contributed by atoms with Crippen LogP contribution in [0.3, 0.4) is 0 Å². The largest absolute Gasteiger partial charge is 0.490 e. The number of oxime groups is 1. The van der Waals surface area contributed by atoms with Gasteiger partial charge in [-0.2, -0.15) is 0 Å². The fourth-order valence-electron chi connectivity index (χ4n) is 9.58. The zero-order chi connectivity index (χ0) is 43.3. The molecule has 332 valence electrons. The average Bonchev–Trinajstić information content (AvgIpc) is 3.77. The number of aliphatic hydroxyl groups is 2. The highest BCUT2D eigenvalue weighted by molar-refractivity contribution is 6.03. The van der Waals surface area contributed by atoms with Gasteiger partial charge in [0.15, 0.2) is 11.5 Å². The summed E-state index contributed by atoms with van der Waals surface area (Å²) in [5.41, 5.74) is 4.36. The van der Waals surface area contributed by atoms with Gasteiger partial charge >= 0.3 is 6.09 Å². The van der Waals surface area contributed by atoms with Crippen LogP contribution in [0.25, 0.3) is 0 Å². The van der Waals surface area contributed by atoms with Crippen LogP contribution in [0.1, 0.15) is 67.6 Å². The molecule has 0 unspecified atom stereocenters. The van der Waals surface area contributed by atoms with E-state index >= 15 is 0 Å². The van der Waals surface area contributed by atoms with E-state index in [0.717, 1.165) is 47.9 Å². The van der Waals surface area contributed by atoms with Crippen LogP contribution < -0.4 is 18.9 Å². The van der Waals surface area contributed by atoms with E-state index in [-0.39, 0.29) is 70.5 Å². The van der Waals surface area contributed by atoms with E-state index in [1.165, 1.54) is 7.11 Å². The van der Waals surface area contributed by atoms with E-state index in [1.54, 1.807) is 17.1 Å². The lowest BCUT2D eigenvalue weighted by Gasteiger charge is -2.59. The summed E-state index contributed by atoms with van der Waals surface area (Å²) in [6.45, 7) is 9.31. The summed E-state index contributed by atoms with van der Waals surface area (Å²) in [5.74, 6) is 0.457. The van der Waals surface area contributed by atoms with Gasteiger partial charge < -0.3 is 48.2 Å². The summed E-state index contributed by atoms with van der Waals surface area (Å²) in [6, 6.07) is 20.5. The van der Waals surface area contributed by atoms with Gasteiger partial charge in [0.2, 0.25) is 12.6 Å². The Bertz CT molecular complexity index is 2040. The van der Waals surface area contributed by atoms with Gasteiger partial charge in [-0.1, -0.05) is 79.2 Å². The molecule has 13 nitrogen and oxygen atoms in total. The van der Waals surface area contributed by atoms with E-state index in [9.17, 15) is 15.0 Å². The summed E-state index contributed by atoms with van der Waals surface area (Å²) in [5, 5.41) is 24.5. The third kappa shape index (κ3) is 9.97. The lowest BCUT2D eigenvalue weighted by Crippen LogP contribution is -2.70. The molecule has 0 radical (unpaired) electrons. The molecule has 2 N–H and O–H groups in total. The van der Waals surface area contributed by atoms with Crippen molar-refractivity contribution in [2.45, 2.75) is 75.8 Å². The lowest BCUT2D eigenvalue weighted by molar-refractivity contribution is -0.256. The van der Waals surface area contributed by atoms with Gasteiger partial charge in [-0.05, 0) is 84.6 Å². The molecular formula is C49H60N2O11. The van der Waals surface area contributed by atoms with Crippen LogP contribution in [0.5, 0.6) is 23.0 Å². The van der Waals surface area contributed by atoms with E-state index in [2.05, 4.69) is 30.5 Å². The second-order valence-electron chi connectivity index (χ2n) is 16.0. The number of rotatable bonds is 23. The topological polar surface area (TPSA) is 147 Å². The Morgan fingerprint density at radius 1 is 0.903 bits per heavy atom. The van der Waals surface area contributed by atoms with Crippen LogP contribution in [-0.2, 0) is 32.2 Å². The number of ether oxygens (including phenoxy) is 7. The van der Waals surface area contributed by atoms with Gasteiger partial charge in [-0.3, -0.25) is 4.90 Å². The molecule has 4 aliphatic rings. The van der Waals surface area contributed by atoms with Crippen molar-refractivity contribution in [3.63, 3.8) is 0 Å². The van der Waals surface area contributed by atoms with Gasteiger partial charge in [-0.25, -0.2) is 4.79 Å². The van der Waals surface area contributed by atoms with Gasteiger partial charge in [0.1, 0.15) is 37.9 Å². The number of nitrogens with zero attached hydrogens (tertiary/aromatic N) is 2. The fourth-order valence-corrected chi connectivity index (χ4v) is 9.58. The van der Waals surface area contributed by atoms with E-state index < -0.39 is 23.8 Å². The maximum Gasteiger partial charge on any atom is 0.410 e. The van der Waals surface area contributed by atoms with Crippen LogP contribution in [0, 0.1) is 17.8 Å². The molecular weight excluding hydrogens is 793 g/mol. The standard InChI is InChI=1S/C49H60N2O11/c1-4-23-57-37-18-20-42-40(29-37)46-38(16-10-12-22-53)36(15-9-11-21-52)28-39-41(50-55-3)30-45(49(62-42,47(39)46)61-24-5-2)51(31-35-17-19-43-44(27-35)60-33-59-43)48(54)58-26-25-56-32-34-13-7-6-8-14-34/h4-8,13-14,17-20,27-29,36,38,45-47,52-53H,1-2,9-12,15-16,21-26,30-33H2,3H3/t36-,38+,45-,46+,47+,49+/m0/s1. The van der Waals surface area contributed by atoms with E-state index in [4.69, 9.17) is 38.0 Å². The molecule has 1 amide bonds. The number of allylic oxidation sites excluding steroid dienone is 1. The molecule has 3 aromatic carbocycles. The van der Waals surface area contributed by atoms with Crippen LogP contribution in [0.15, 0.2) is 109 Å². The highest BCUT2D eigenvalue weighted by atomic mass is 16.7. The highest BCUT2D eigenvalue weighted by Gasteiger charge is 2.65. The van der Waals surface area contributed by atoms with E-state index in [0.29, 0.717) is 54.8 Å². The summed E-state index contributed by atoms with van der Waals surface area (Å²) >= 11 is 0. The molecule has 0 spiro atoms. The number of aliphatic hydroxyl groups excluding tert-OH is 2. The number of amides is 1. The molecule has 1 saturated carbocycles. The number of unbranched alkanes of at least 4 members (excludes halogenated alkanes) is 2. The molecule has 2 aliphatic carbocycles.